The second-order valence-corrected chi connectivity index (χ2v) is 6.04. The normalized spacial score (nSPS) is 16.0. The second kappa shape index (κ2) is 7.23. The molecule has 1 atom stereocenters. The molecular weight excluding hydrogens is 328 g/mol. The van der Waals surface area contributed by atoms with E-state index in [1.54, 1.807) is 10.9 Å². The molecule has 3 aromatic rings. The summed E-state index contributed by atoms with van der Waals surface area (Å²) >= 11 is 0. The summed E-state index contributed by atoms with van der Waals surface area (Å²) in [5, 5.41) is 11.1. The van der Waals surface area contributed by atoms with Gasteiger partial charge in [0, 0.05) is 25.4 Å². The molecular formula is C20H18N4O2. The van der Waals surface area contributed by atoms with Crippen molar-refractivity contribution in [3.8, 4) is 5.69 Å². The average Bonchev–Trinajstić information content (AvgIpc) is 3.39. The molecule has 0 spiro atoms. The number of benzene rings is 2. The minimum Gasteiger partial charge on any atom is -0.382 e. The van der Waals surface area contributed by atoms with E-state index in [-0.39, 0.29) is 5.91 Å². The summed E-state index contributed by atoms with van der Waals surface area (Å²) in [4.78, 5) is 17.6. The van der Waals surface area contributed by atoms with E-state index in [9.17, 15) is 4.79 Å². The summed E-state index contributed by atoms with van der Waals surface area (Å²) in [5.41, 5.74) is 3.77. The van der Waals surface area contributed by atoms with Gasteiger partial charge in [-0.1, -0.05) is 47.6 Å². The average molecular weight is 346 g/mol. The number of hydrogen-bond donors (Lipinski definition) is 1. The van der Waals surface area contributed by atoms with Crippen LogP contribution in [0.5, 0.6) is 0 Å². The van der Waals surface area contributed by atoms with Crippen LogP contribution in [-0.2, 0) is 16.2 Å². The molecule has 0 bridgehead atoms. The topological polar surface area (TPSA) is 68.5 Å². The van der Waals surface area contributed by atoms with Gasteiger partial charge in [0.25, 0.3) is 5.91 Å². The SMILES string of the molecule is O=C(NCc1ccc(-n2cccn2)cc1)[C@H]1CC(c2ccccc2)=NO1. The number of amides is 1. The first-order chi connectivity index (χ1) is 12.8. The molecule has 1 amide bonds. The fraction of sp³-hybridized carbons (Fsp3) is 0.150. The first kappa shape index (κ1) is 16.1. The zero-order valence-corrected chi connectivity index (χ0v) is 14.1. The van der Waals surface area contributed by atoms with E-state index in [2.05, 4.69) is 15.6 Å². The van der Waals surface area contributed by atoms with Gasteiger partial charge in [-0.25, -0.2) is 4.68 Å². The number of oxime groups is 1. The predicted molar refractivity (Wildman–Crippen MR) is 97.9 cm³/mol. The van der Waals surface area contributed by atoms with Crippen molar-refractivity contribution < 1.29 is 9.63 Å². The highest BCUT2D eigenvalue weighted by molar-refractivity contribution is 6.04. The van der Waals surface area contributed by atoms with Crippen LogP contribution >= 0.6 is 0 Å². The Bertz CT molecular complexity index is 903. The van der Waals surface area contributed by atoms with E-state index >= 15 is 0 Å². The molecule has 0 radical (unpaired) electrons. The fourth-order valence-electron chi connectivity index (χ4n) is 2.81. The van der Waals surface area contributed by atoms with E-state index in [0.29, 0.717) is 13.0 Å². The Balaban J connectivity index is 1.31. The molecule has 0 aliphatic carbocycles. The third kappa shape index (κ3) is 3.49. The van der Waals surface area contributed by atoms with Crippen molar-refractivity contribution in [2.45, 2.75) is 19.1 Å². The molecule has 6 nitrogen and oxygen atoms in total. The molecule has 6 heteroatoms. The highest BCUT2D eigenvalue weighted by Gasteiger charge is 2.28. The Labute approximate surface area is 151 Å². The van der Waals surface area contributed by atoms with E-state index in [0.717, 1.165) is 22.5 Å². The first-order valence-corrected chi connectivity index (χ1v) is 8.44. The summed E-state index contributed by atoms with van der Waals surface area (Å²) in [5.74, 6) is -0.157. The summed E-state index contributed by atoms with van der Waals surface area (Å²) in [6, 6.07) is 19.5. The fourth-order valence-corrected chi connectivity index (χ4v) is 2.81. The maximum atomic E-state index is 12.3. The Hall–Kier alpha value is -3.41. The van der Waals surface area contributed by atoms with E-state index in [1.165, 1.54) is 0 Å². The third-order valence-electron chi connectivity index (χ3n) is 4.24. The van der Waals surface area contributed by atoms with Crippen molar-refractivity contribution in [1.82, 2.24) is 15.1 Å². The van der Waals surface area contributed by atoms with Crippen molar-refractivity contribution in [2.75, 3.05) is 0 Å². The Morgan fingerprint density at radius 1 is 1.12 bits per heavy atom. The standard InChI is InChI=1S/C20H18N4O2/c25-20(19-13-18(23-26-19)16-5-2-1-3-6-16)21-14-15-7-9-17(10-8-15)24-12-4-11-22-24/h1-12,19H,13-14H2,(H,21,25)/t19-/m1/s1. The summed E-state index contributed by atoms with van der Waals surface area (Å²) in [6.07, 6.45) is 3.53. The van der Waals surface area contributed by atoms with Gasteiger partial charge < -0.3 is 10.2 Å². The zero-order valence-electron chi connectivity index (χ0n) is 14.1. The minimum atomic E-state index is -0.575. The highest BCUT2D eigenvalue weighted by atomic mass is 16.6. The van der Waals surface area contributed by atoms with E-state index < -0.39 is 6.10 Å². The number of nitrogens with one attached hydrogen (secondary N) is 1. The number of aromatic nitrogens is 2. The number of hydrogen-bond acceptors (Lipinski definition) is 4. The van der Waals surface area contributed by atoms with Gasteiger partial charge in [-0.2, -0.15) is 5.10 Å². The van der Waals surface area contributed by atoms with Crippen molar-refractivity contribution in [3.05, 3.63) is 84.2 Å². The Kier molecular flexibility index (Phi) is 4.47. The van der Waals surface area contributed by atoms with Crippen LogP contribution in [-0.4, -0.2) is 27.5 Å². The van der Waals surface area contributed by atoms with Gasteiger partial charge >= 0.3 is 0 Å². The van der Waals surface area contributed by atoms with Gasteiger partial charge in [0.15, 0.2) is 0 Å². The van der Waals surface area contributed by atoms with Crippen LogP contribution in [0.2, 0.25) is 0 Å². The second-order valence-electron chi connectivity index (χ2n) is 6.04. The minimum absolute atomic E-state index is 0.157. The lowest BCUT2D eigenvalue weighted by Crippen LogP contribution is -2.34. The van der Waals surface area contributed by atoms with E-state index in [1.807, 2.05) is 66.9 Å². The van der Waals surface area contributed by atoms with Crippen LogP contribution in [0.15, 0.2) is 78.2 Å². The number of rotatable bonds is 5. The summed E-state index contributed by atoms with van der Waals surface area (Å²) in [6.45, 7) is 0.443. The van der Waals surface area contributed by atoms with Crippen LogP contribution in [0.1, 0.15) is 17.5 Å². The monoisotopic (exact) mass is 346 g/mol. The molecule has 1 N–H and O–H groups in total. The van der Waals surface area contributed by atoms with Gasteiger partial charge in [0.05, 0.1) is 11.4 Å². The molecule has 2 aromatic carbocycles. The van der Waals surface area contributed by atoms with Crippen molar-refractivity contribution in [3.63, 3.8) is 0 Å². The molecule has 2 heterocycles. The van der Waals surface area contributed by atoms with Crippen molar-refractivity contribution in [1.29, 1.82) is 0 Å². The maximum Gasteiger partial charge on any atom is 0.264 e. The molecule has 26 heavy (non-hydrogen) atoms. The largest absolute Gasteiger partial charge is 0.382 e. The summed E-state index contributed by atoms with van der Waals surface area (Å²) < 4.78 is 1.79. The van der Waals surface area contributed by atoms with Crippen LogP contribution in [0.3, 0.4) is 0 Å². The van der Waals surface area contributed by atoms with Gasteiger partial charge in [-0.15, -0.1) is 0 Å². The van der Waals surface area contributed by atoms with Gasteiger partial charge in [-0.3, -0.25) is 4.79 Å². The van der Waals surface area contributed by atoms with Crippen LogP contribution < -0.4 is 5.32 Å². The summed E-state index contributed by atoms with van der Waals surface area (Å²) in [7, 11) is 0. The molecule has 0 saturated heterocycles. The molecule has 0 unspecified atom stereocenters. The molecule has 4 rings (SSSR count). The van der Waals surface area contributed by atoms with Crippen LogP contribution in [0.25, 0.3) is 5.69 Å². The maximum absolute atomic E-state index is 12.3. The van der Waals surface area contributed by atoms with Crippen LogP contribution in [0.4, 0.5) is 0 Å². The Morgan fingerprint density at radius 3 is 2.65 bits per heavy atom. The van der Waals surface area contributed by atoms with Crippen LogP contribution in [0, 0.1) is 0 Å². The quantitative estimate of drug-likeness (QED) is 0.772. The lowest BCUT2D eigenvalue weighted by atomic mass is 10.0. The number of carbonyl (C=O) groups excluding carboxylic acids is 1. The van der Waals surface area contributed by atoms with Crippen molar-refractivity contribution in [2.24, 2.45) is 5.16 Å². The third-order valence-corrected chi connectivity index (χ3v) is 4.24. The van der Waals surface area contributed by atoms with Gasteiger partial charge in [-0.05, 0) is 29.3 Å². The molecule has 0 saturated carbocycles. The molecule has 1 aliphatic rings. The van der Waals surface area contributed by atoms with Gasteiger partial charge in [0.2, 0.25) is 6.10 Å². The lowest BCUT2D eigenvalue weighted by molar-refractivity contribution is -0.131. The molecule has 130 valence electrons. The number of carbonyl (C=O) groups is 1. The predicted octanol–water partition coefficient (Wildman–Crippen LogP) is 2.68. The smallest absolute Gasteiger partial charge is 0.264 e. The molecule has 0 fully saturated rings. The van der Waals surface area contributed by atoms with Gasteiger partial charge in [0.1, 0.15) is 0 Å². The molecule has 1 aliphatic heterocycles. The highest BCUT2D eigenvalue weighted by Crippen LogP contribution is 2.17. The lowest BCUT2D eigenvalue weighted by Gasteiger charge is -2.10. The Morgan fingerprint density at radius 2 is 1.92 bits per heavy atom. The zero-order chi connectivity index (χ0) is 17.8. The van der Waals surface area contributed by atoms with E-state index in [4.69, 9.17) is 4.84 Å². The number of nitrogens with zero attached hydrogens (tertiary/aromatic N) is 3. The first-order valence-electron chi connectivity index (χ1n) is 8.44. The van der Waals surface area contributed by atoms with Crippen molar-refractivity contribution >= 4 is 11.6 Å². The molecule has 1 aromatic heterocycles.